The highest BCUT2D eigenvalue weighted by Gasteiger charge is 2.23. The summed E-state index contributed by atoms with van der Waals surface area (Å²) in [7, 11) is 0. The highest BCUT2D eigenvalue weighted by atomic mass is 35.5. The van der Waals surface area contributed by atoms with E-state index in [1.54, 1.807) is 0 Å². The lowest BCUT2D eigenvalue weighted by Crippen LogP contribution is -2.35. The molecular formula is C26H27ClN4O3. The number of ether oxygens (including phenoxy) is 1. The molecule has 4 aromatic rings. The maximum Gasteiger partial charge on any atom is 0.320 e. The monoisotopic (exact) mass is 478 g/mol. The molecule has 0 saturated carbocycles. The Hall–Kier alpha value is -3.16. The fourth-order valence-corrected chi connectivity index (χ4v) is 4.88. The molecular weight excluding hydrogens is 452 g/mol. The summed E-state index contributed by atoms with van der Waals surface area (Å²) in [5.74, 6) is 0.838. The molecule has 0 N–H and O–H groups in total. The first kappa shape index (κ1) is 22.6. The molecule has 0 aliphatic carbocycles. The van der Waals surface area contributed by atoms with Crippen molar-refractivity contribution < 1.29 is 14.1 Å². The topological polar surface area (TPSA) is 73.4 Å². The van der Waals surface area contributed by atoms with Crippen LogP contribution in [0.3, 0.4) is 0 Å². The van der Waals surface area contributed by atoms with E-state index in [9.17, 15) is 4.79 Å². The van der Waals surface area contributed by atoms with Gasteiger partial charge >= 0.3 is 5.97 Å². The Morgan fingerprint density at radius 3 is 2.91 bits per heavy atom. The van der Waals surface area contributed by atoms with E-state index in [-0.39, 0.29) is 5.97 Å². The van der Waals surface area contributed by atoms with Crippen LogP contribution < -0.4 is 0 Å². The molecule has 0 spiro atoms. The van der Waals surface area contributed by atoms with Crippen LogP contribution in [-0.2, 0) is 22.5 Å². The Labute approximate surface area is 203 Å². The first-order chi connectivity index (χ1) is 16.4. The van der Waals surface area contributed by atoms with Gasteiger partial charge in [0.1, 0.15) is 0 Å². The van der Waals surface area contributed by atoms with Crippen LogP contribution >= 0.6 is 11.6 Å². The van der Waals surface area contributed by atoms with Crippen LogP contribution in [0.4, 0.5) is 0 Å². The van der Waals surface area contributed by atoms with Gasteiger partial charge in [0, 0.05) is 47.4 Å². The number of aromatic nitrogens is 3. The number of nitrogens with zero attached hydrogens (tertiary/aromatic N) is 4. The summed E-state index contributed by atoms with van der Waals surface area (Å²) in [6, 6.07) is 12.5. The van der Waals surface area contributed by atoms with Crippen LogP contribution in [-0.4, -0.2) is 45.3 Å². The van der Waals surface area contributed by atoms with E-state index in [1.165, 1.54) is 11.1 Å². The van der Waals surface area contributed by atoms with Gasteiger partial charge in [0.15, 0.2) is 0 Å². The number of fused-ring (bicyclic) bond motifs is 2. The summed E-state index contributed by atoms with van der Waals surface area (Å²) in [6.45, 7) is 8.24. The first-order valence-corrected chi connectivity index (χ1v) is 12.0. The van der Waals surface area contributed by atoms with Crippen LogP contribution in [0.5, 0.6) is 0 Å². The van der Waals surface area contributed by atoms with Crippen molar-refractivity contribution in [1.82, 2.24) is 19.6 Å². The number of benzene rings is 2. The zero-order valence-electron chi connectivity index (χ0n) is 19.5. The molecule has 0 radical (unpaired) electrons. The van der Waals surface area contributed by atoms with Gasteiger partial charge in [-0.1, -0.05) is 35.0 Å². The van der Waals surface area contributed by atoms with Crippen molar-refractivity contribution in [3.8, 4) is 22.8 Å². The summed E-state index contributed by atoms with van der Waals surface area (Å²) >= 11 is 6.50. The molecule has 0 unspecified atom stereocenters. The van der Waals surface area contributed by atoms with Crippen molar-refractivity contribution >= 4 is 28.5 Å². The van der Waals surface area contributed by atoms with E-state index in [0.29, 0.717) is 42.5 Å². The van der Waals surface area contributed by atoms with Gasteiger partial charge in [-0.15, -0.1) is 0 Å². The maximum absolute atomic E-state index is 11.9. The molecule has 1 aliphatic rings. The fraction of sp³-hybridized carbons (Fsp3) is 0.346. The van der Waals surface area contributed by atoms with E-state index < -0.39 is 0 Å². The van der Waals surface area contributed by atoms with Gasteiger partial charge in [0.05, 0.1) is 18.2 Å². The fourth-order valence-electron chi connectivity index (χ4n) is 4.63. The van der Waals surface area contributed by atoms with Crippen LogP contribution in [0, 0.1) is 0 Å². The van der Waals surface area contributed by atoms with E-state index in [2.05, 4.69) is 34.5 Å². The molecule has 176 valence electrons. The molecule has 0 fully saturated rings. The van der Waals surface area contributed by atoms with Crippen molar-refractivity contribution in [2.45, 2.75) is 39.8 Å². The van der Waals surface area contributed by atoms with Gasteiger partial charge in [-0.05, 0) is 56.5 Å². The summed E-state index contributed by atoms with van der Waals surface area (Å²) in [5.41, 5.74) is 5.24. The molecule has 0 amide bonds. The SMILES string of the molecule is CCOC(=O)CN1CCc2c(cccc2-c2noc(-c3ccc4c(c3)c(Cl)cn4C(C)C)n2)C1. The maximum atomic E-state index is 11.9. The van der Waals surface area contributed by atoms with Crippen molar-refractivity contribution in [1.29, 1.82) is 0 Å². The smallest absolute Gasteiger partial charge is 0.320 e. The zero-order chi connectivity index (χ0) is 23.8. The second kappa shape index (κ2) is 9.24. The molecule has 2 aromatic carbocycles. The summed E-state index contributed by atoms with van der Waals surface area (Å²) in [4.78, 5) is 18.7. The third kappa shape index (κ3) is 4.21. The number of hydrogen-bond acceptors (Lipinski definition) is 6. The molecule has 0 saturated heterocycles. The lowest BCUT2D eigenvalue weighted by atomic mass is 9.94. The lowest BCUT2D eigenvalue weighted by Gasteiger charge is -2.28. The normalized spacial score (nSPS) is 14.0. The van der Waals surface area contributed by atoms with Crippen LogP contribution in [0.25, 0.3) is 33.7 Å². The Kier molecular flexibility index (Phi) is 6.15. The third-order valence-electron chi connectivity index (χ3n) is 6.26. The Morgan fingerprint density at radius 2 is 2.12 bits per heavy atom. The summed E-state index contributed by atoms with van der Waals surface area (Å²) in [6.07, 6.45) is 2.76. The molecule has 7 nitrogen and oxygen atoms in total. The van der Waals surface area contributed by atoms with Crippen molar-refractivity contribution in [2.75, 3.05) is 19.7 Å². The molecule has 34 heavy (non-hydrogen) atoms. The minimum absolute atomic E-state index is 0.189. The van der Waals surface area contributed by atoms with Crippen LogP contribution in [0.1, 0.15) is 37.9 Å². The largest absolute Gasteiger partial charge is 0.465 e. The summed E-state index contributed by atoms with van der Waals surface area (Å²) in [5, 5.41) is 5.95. The zero-order valence-corrected chi connectivity index (χ0v) is 20.3. The molecule has 0 bridgehead atoms. The van der Waals surface area contributed by atoms with E-state index in [0.717, 1.165) is 35.0 Å². The molecule has 1 aliphatic heterocycles. The molecule has 3 heterocycles. The number of halogens is 1. The van der Waals surface area contributed by atoms with Crippen LogP contribution in [0.15, 0.2) is 47.1 Å². The van der Waals surface area contributed by atoms with E-state index >= 15 is 0 Å². The van der Waals surface area contributed by atoms with Gasteiger partial charge in [-0.25, -0.2) is 0 Å². The van der Waals surface area contributed by atoms with Gasteiger partial charge in [-0.2, -0.15) is 4.98 Å². The molecule has 8 heteroatoms. The van der Waals surface area contributed by atoms with Gasteiger partial charge in [0.25, 0.3) is 5.89 Å². The van der Waals surface area contributed by atoms with Crippen molar-refractivity contribution in [3.05, 3.63) is 58.7 Å². The Balaban J connectivity index is 1.42. The standard InChI is InChI=1S/C26H27ClN4O3/c1-4-33-24(32)15-30-11-10-19-18(13-30)6-5-7-20(19)25-28-26(34-29-25)17-8-9-23-21(12-17)22(27)14-31(23)16(2)3/h5-9,12,14,16H,4,10-11,13,15H2,1-3H3. The molecule has 0 atom stereocenters. The predicted octanol–water partition coefficient (Wildman–Crippen LogP) is 5.51. The number of esters is 1. The second-order valence-corrected chi connectivity index (χ2v) is 9.25. The van der Waals surface area contributed by atoms with Crippen molar-refractivity contribution in [2.24, 2.45) is 0 Å². The van der Waals surface area contributed by atoms with Crippen LogP contribution in [0.2, 0.25) is 5.02 Å². The van der Waals surface area contributed by atoms with E-state index in [1.807, 2.05) is 43.5 Å². The minimum Gasteiger partial charge on any atom is -0.465 e. The number of hydrogen-bond donors (Lipinski definition) is 0. The average Bonchev–Trinajstić information content (AvgIpc) is 3.44. The van der Waals surface area contributed by atoms with Gasteiger partial charge < -0.3 is 13.8 Å². The minimum atomic E-state index is -0.189. The first-order valence-electron chi connectivity index (χ1n) is 11.6. The number of carbonyl (C=O) groups is 1. The summed E-state index contributed by atoms with van der Waals surface area (Å²) < 4.78 is 12.9. The number of carbonyl (C=O) groups excluding carboxylic acids is 1. The quantitative estimate of drug-likeness (QED) is 0.340. The molecule has 5 rings (SSSR count). The van der Waals surface area contributed by atoms with Gasteiger partial charge in [0.2, 0.25) is 5.82 Å². The van der Waals surface area contributed by atoms with Gasteiger partial charge in [-0.3, -0.25) is 9.69 Å². The molecule has 2 aromatic heterocycles. The second-order valence-electron chi connectivity index (χ2n) is 8.84. The average molecular weight is 479 g/mol. The Morgan fingerprint density at radius 1 is 1.26 bits per heavy atom. The number of rotatable bonds is 6. The Bertz CT molecular complexity index is 1360. The lowest BCUT2D eigenvalue weighted by molar-refractivity contribution is -0.144. The highest BCUT2D eigenvalue weighted by molar-refractivity contribution is 6.35. The third-order valence-corrected chi connectivity index (χ3v) is 6.56. The van der Waals surface area contributed by atoms with E-state index in [4.69, 9.17) is 25.8 Å². The predicted molar refractivity (Wildman–Crippen MR) is 132 cm³/mol. The van der Waals surface area contributed by atoms with Crippen molar-refractivity contribution in [3.63, 3.8) is 0 Å². The highest BCUT2D eigenvalue weighted by Crippen LogP contribution is 2.34.